The summed E-state index contributed by atoms with van der Waals surface area (Å²) >= 11 is 0. The number of anilines is 1. The van der Waals surface area contributed by atoms with Gasteiger partial charge in [-0.2, -0.15) is 0 Å². The van der Waals surface area contributed by atoms with Crippen molar-refractivity contribution in [1.29, 1.82) is 0 Å². The van der Waals surface area contributed by atoms with Gasteiger partial charge in [0.25, 0.3) is 0 Å². The van der Waals surface area contributed by atoms with Gasteiger partial charge < -0.3 is 15.2 Å². The highest BCUT2D eigenvalue weighted by Crippen LogP contribution is 2.29. The topological polar surface area (TPSA) is 92.7 Å². The number of carboxylic acids is 1. The molecular formula is C19H23NO5. The van der Waals surface area contributed by atoms with Crippen LogP contribution in [0.5, 0.6) is 0 Å². The normalized spacial score (nSPS) is 20.6. The summed E-state index contributed by atoms with van der Waals surface area (Å²) in [5.41, 5.74) is 0.488. The molecule has 2 N–H and O–H groups in total. The first-order valence-corrected chi connectivity index (χ1v) is 8.42. The number of carboxylic acid groups (broad SMARTS) is 1. The summed E-state index contributed by atoms with van der Waals surface area (Å²) in [4.78, 5) is 36.0. The largest absolute Gasteiger partial charge is 0.478 e. The number of hydrogen-bond acceptors (Lipinski definition) is 4. The summed E-state index contributed by atoms with van der Waals surface area (Å²) in [6.07, 6.45) is 5.21. The minimum absolute atomic E-state index is 0.0917. The molecule has 0 heterocycles. The van der Waals surface area contributed by atoms with Crippen LogP contribution >= 0.6 is 0 Å². The van der Waals surface area contributed by atoms with E-state index in [1.165, 1.54) is 12.1 Å². The quantitative estimate of drug-likeness (QED) is 0.610. The average Bonchev–Trinajstić information content (AvgIpc) is 2.61. The lowest BCUT2D eigenvalue weighted by Crippen LogP contribution is -2.36. The molecule has 134 valence electrons. The molecule has 0 saturated carbocycles. The predicted octanol–water partition coefficient (Wildman–Crippen LogP) is 3.25. The second-order valence-corrected chi connectivity index (χ2v) is 6.19. The minimum Gasteiger partial charge on any atom is -0.478 e. The third kappa shape index (κ3) is 4.92. The average molecular weight is 345 g/mol. The Kier molecular flexibility index (Phi) is 6.33. The molecule has 0 fully saturated rings. The van der Waals surface area contributed by atoms with E-state index in [1.54, 1.807) is 12.1 Å². The Hall–Kier alpha value is -2.63. The van der Waals surface area contributed by atoms with Crippen molar-refractivity contribution in [2.24, 2.45) is 11.8 Å². The van der Waals surface area contributed by atoms with Gasteiger partial charge in [-0.25, -0.2) is 4.79 Å². The maximum absolute atomic E-state index is 12.6. The predicted molar refractivity (Wildman–Crippen MR) is 93.2 cm³/mol. The number of aromatic carboxylic acids is 1. The molecule has 6 nitrogen and oxygen atoms in total. The van der Waals surface area contributed by atoms with E-state index >= 15 is 0 Å². The van der Waals surface area contributed by atoms with Crippen LogP contribution in [0.15, 0.2) is 36.4 Å². The zero-order valence-corrected chi connectivity index (χ0v) is 14.4. The molecule has 0 radical (unpaired) electrons. The lowest BCUT2D eigenvalue weighted by atomic mass is 9.82. The van der Waals surface area contributed by atoms with E-state index in [0.29, 0.717) is 24.9 Å². The lowest BCUT2D eigenvalue weighted by Gasteiger charge is -2.27. The van der Waals surface area contributed by atoms with Crippen molar-refractivity contribution in [3.63, 3.8) is 0 Å². The van der Waals surface area contributed by atoms with Crippen molar-refractivity contribution in [1.82, 2.24) is 0 Å². The molecule has 0 spiro atoms. The van der Waals surface area contributed by atoms with Gasteiger partial charge in [-0.05, 0) is 44.4 Å². The Bertz CT molecular complexity index is 682. The highest BCUT2D eigenvalue weighted by atomic mass is 16.5. The van der Waals surface area contributed by atoms with Crippen LogP contribution in [0.1, 0.15) is 43.5 Å². The summed E-state index contributed by atoms with van der Waals surface area (Å²) < 4.78 is 5.39. The molecule has 0 unspecified atom stereocenters. The van der Waals surface area contributed by atoms with E-state index in [0.717, 1.165) is 0 Å². The Morgan fingerprint density at radius 3 is 2.56 bits per heavy atom. The summed E-state index contributed by atoms with van der Waals surface area (Å²) in [6, 6.07) is 6.03. The van der Waals surface area contributed by atoms with Crippen LogP contribution < -0.4 is 5.32 Å². The molecule has 1 aromatic rings. The summed E-state index contributed by atoms with van der Waals surface area (Å²) in [6.45, 7) is 3.75. The van der Waals surface area contributed by atoms with E-state index in [9.17, 15) is 14.4 Å². The van der Waals surface area contributed by atoms with Crippen LogP contribution in [-0.4, -0.2) is 29.1 Å². The highest BCUT2D eigenvalue weighted by Gasteiger charge is 2.35. The fourth-order valence-corrected chi connectivity index (χ4v) is 2.70. The fraction of sp³-hybridized carbons (Fsp3) is 0.421. The van der Waals surface area contributed by atoms with Crippen molar-refractivity contribution in [3.05, 3.63) is 42.0 Å². The molecule has 1 aliphatic rings. The second kappa shape index (κ2) is 8.46. The lowest BCUT2D eigenvalue weighted by molar-refractivity contribution is -0.157. The molecular weight excluding hydrogens is 322 g/mol. The van der Waals surface area contributed by atoms with E-state index in [-0.39, 0.29) is 23.5 Å². The smallest absolute Gasteiger partial charge is 0.335 e. The van der Waals surface area contributed by atoms with Gasteiger partial charge in [-0.15, -0.1) is 0 Å². The molecule has 2 rings (SSSR count). The van der Waals surface area contributed by atoms with Crippen molar-refractivity contribution in [2.75, 3.05) is 5.32 Å². The van der Waals surface area contributed by atoms with Crippen LogP contribution in [-0.2, 0) is 14.3 Å². The van der Waals surface area contributed by atoms with Gasteiger partial charge >= 0.3 is 11.9 Å². The number of amides is 1. The maximum atomic E-state index is 12.6. The van der Waals surface area contributed by atoms with Crippen LogP contribution in [0.2, 0.25) is 0 Å². The zero-order chi connectivity index (χ0) is 18.4. The Balaban J connectivity index is 2.10. The van der Waals surface area contributed by atoms with Gasteiger partial charge in [0.05, 0.1) is 23.5 Å². The van der Waals surface area contributed by atoms with Gasteiger partial charge in [0.1, 0.15) is 0 Å². The van der Waals surface area contributed by atoms with Gasteiger partial charge in [0.15, 0.2) is 0 Å². The number of carbonyl (C=O) groups is 3. The first kappa shape index (κ1) is 18.7. The highest BCUT2D eigenvalue weighted by molar-refractivity contribution is 5.97. The Labute approximate surface area is 146 Å². The molecule has 25 heavy (non-hydrogen) atoms. The number of carbonyl (C=O) groups excluding carboxylic acids is 2. The number of hydrogen-bond donors (Lipinski definition) is 2. The van der Waals surface area contributed by atoms with Gasteiger partial charge in [-0.1, -0.05) is 25.1 Å². The molecule has 0 aliphatic heterocycles. The summed E-state index contributed by atoms with van der Waals surface area (Å²) in [5, 5.41) is 11.7. The van der Waals surface area contributed by atoms with E-state index in [1.807, 2.05) is 26.0 Å². The van der Waals surface area contributed by atoms with Crippen molar-refractivity contribution in [3.8, 4) is 0 Å². The van der Waals surface area contributed by atoms with Crippen molar-refractivity contribution >= 4 is 23.5 Å². The van der Waals surface area contributed by atoms with Crippen LogP contribution in [0.25, 0.3) is 0 Å². The Morgan fingerprint density at radius 1 is 1.24 bits per heavy atom. The molecule has 0 saturated heterocycles. The van der Waals surface area contributed by atoms with Crippen LogP contribution in [0.3, 0.4) is 0 Å². The molecule has 0 bridgehead atoms. The third-order valence-corrected chi connectivity index (χ3v) is 4.34. The fourth-order valence-electron chi connectivity index (χ4n) is 2.70. The summed E-state index contributed by atoms with van der Waals surface area (Å²) in [7, 11) is 0. The number of ether oxygens (including phenoxy) is 1. The zero-order valence-electron chi connectivity index (χ0n) is 14.4. The van der Waals surface area contributed by atoms with Crippen molar-refractivity contribution < 1.29 is 24.2 Å². The van der Waals surface area contributed by atoms with Crippen molar-refractivity contribution in [2.45, 2.75) is 39.2 Å². The first-order chi connectivity index (χ1) is 11.9. The molecule has 1 aliphatic carbocycles. The molecule has 6 heteroatoms. The number of benzene rings is 1. The number of rotatable bonds is 6. The number of nitrogens with one attached hydrogen (secondary N) is 1. The van der Waals surface area contributed by atoms with Gasteiger partial charge in [-0.3, -0.25) is 9.59 Å². The minimum atomic E-state index is -1.06. The molecule has 1 aromatic carbocycles. The number of esters is 1. The molecule has 3 atom stereocenters. The first-order valence-electron chi connectivity index (χ1n) is 8.42. The van der Waals surface area contributed by atoms with Gasteiger partial charge in [0, 0.05) is 5.69 Å². The van der Waals surface area contributed by atoms with Crippen LogP contribution in [0.4, 0.5) is 5.69 Å². The molecule has 1 amide bonds. The SMILES string of the molecule is CC[C@H](C)OC(=O)[C@@H]1CC=CC[C@@H]1C(=O)Nc1cccc(C(=O)O)c1. The van der Waals surface area contributed by atoms with Crippen LogP contribution in [0, 0.1) is 11.8 Å². The second-order valence-electron chi connectivity index (χ2n) is 6.19. The van der Waals surface area contributed by atoms with Gasteiger partial charge in [0.2, 0.25) is 5.91 Å². The summed E-state index contributed by atoms with van der Waals surface area (Å²) in [5.74, 6) is -2.79. The van der Waals surface area contributed by atoms with E-state index < -0.39 is 17.8 Å². The maximum Gasteiger partial charge on any atom is 0.335 e. The van der Waals surface area contributed by atoms with E-state index in [2.05, 4.69) is 5.32 Å². The monoisotopic (exact) mass is 345 g/mol. The Morgan fingerprint density at radius 2 is 1.92 bits per heavy atom. The standard InChI is InChI=1S/C19H23NO5/c1-3-12(2)25-19(24)16-10-5-4-9-15(16)17(21)20-14-8-6-7-13(11-14)18(22)23/h4-8,11-12,15-16H,3,9-10H2,1-2H3,(H,20,21)(H,22,23)/t12-,15-,16+/m0/s1. The number of allylic oxidation sites excluding steroid dienone is 2. The third-order valence-electron chi connectivity index (χ3n) is 4.34. The van der Waals surface area contributed by atoms with E-state index in [4.69, 9.17) is 9.84 Å². The molecule has 0 aromatic heterocycles.